The maximum atomic E-state index is 14.5. The lowest BCUT2D eigenvalue weighted by Gasteiger charge is -2.39. The highest BCUT2D eigenvalue weighted by Gasteiger charge is 2.75. The molecule has 3 heterocycles. The van der Waals surface area contributed by atoms with Gasteiger partial charge in [-0.3, -0.25) is 14.4 Å². The highest BCUT2D eigenvalue weighted by Crippen LogP contribution is 2.59. The molecule has 6 atom stereocenters. The van der Waals surface area contributed by atoms with Crippen molar-refractivity contribution in [1.82, 2.24) is 4.90 Å². The van der Waals surface area contributed by atoms with E-state index in [0.717, 1.165) is 10.8 Å². The second kappa shape index (κ2) is 9.58. The first-order valence-corrected chi connectivity index (χ1v) is 13.0. The van der Waals surface area contributed by atoms with Crippen LogP contribution in [0.25, 0.3) is 10.8 Å². The number of carbonyl (C=O) groups excluding carboxylic acids is 2. The van der Waals surface area contributed by atoms with Crippen molar-refractivity contribution in [3.63, 3.8) is 0 Å². The number of nitrogens with zero attached hydrogens (tertiary/aromatic N) is 2. The highest BCUT2D eigenvalue weighted by atomic mass is 16.5. The number of aliphatic hydroxyl groups is 1. The van der Waals surface area contributed by atoms with Crippen LogP contribution in [0.5, 0.6) is 0 Å². The number of anilines is 1. The van der Waals surface area contributed by atoms with E-state index in [1.165, 1.54) is 4.90 Å². The molecule has 3 aliphatic rings. The van der Waals surface area contributed by atoms with Gasteiger partial charge in [0.15, 0.2) is 0 Å². The Labute approximate surface area is 216 Å². The summed E-state index contributed by atoms with van der Waals surface area (Å²) in [6.07, 6.45) is 2.41. The van der Waals surface area contributed by atoms with Gasteiger partial charge in [-0.1, -0.05) is 50.3 Å². The SMILES string of the molecule is C=CCN(C(=O)[C@@H]1N([C@@H](CO)CC(C)C)C(=O)[C@H]2[C@H](C(=O)O)[C@@H]3CC[C@]12O3)c1ccc2ccccc2c1. The normalized spacial score (nSPS) is 29.1. The molecule has 2 aromatic rings. The number of ether oxygens (including phenoxy) is 1. The average molecular weight is 507 g/mol. The number of aliphatic carboxylic acids is 1. The van der Waals surface area contributed by atoms with Crippen LogP contribution in [0.1, 0.15) is 33.1 Å². The number of aliphatic hydroxyl groups excluding tert-OH is 1. The first-order chi connectivity index (χ1) is 17.7. The molecule has 2 aromatic carbocycles. The molecule has 5 rings (SSSR count). The van der Waals surface area contributed by atoms with E-state index in [1.807, 2.05) is 56.3 Å². The van der Waals surface area contributed by atoms with Crippen LogP contribution in [-0.4, -0.2) is 69.8 Å². The summed E-state index contributed by atoms with van der Waals surface area (Å²) in [5.41, 5.74) is -0.578. The van der Waals surface area contributed by atoms with Crippen LogP contribution in [0, 0.1) is 17.8 Å². The van der Waals surface area contributed by atoms with Crippen LogP contribution in [0.15, 0.2) is 55.1 Å². The van der Waals surface area contributed by atoms with E-state index in [0.29, 0.717) is 24.9 Å². The minimum atomic E-state index is -1.23. The van der Waals surface area contributed by atoms with Gasteiger partial charge in [0, 0.05) is 12.2 Å². The van der Waals surface area contributed by atoms with Gasteiger partial charge in [-0.15, -0.1) is 6.58 Å². The average Bonchev–Trinajstić information content (AvgIpc) is 3.52. The van der Waals surface area contributed by atoms with Crippen LogP contribution in [-0.2, 0) is 19.1 Å². The lowest BCUT2D eigenvalue weighted by Crippen LogP contribution is -2.59. The van der Waals surface area contributed by atoms with Crippen LogP contribution in [0.4, 0.5) is 5.69 Å². The summed E-state index contributed by atoms with van der Waals surface area (Å²) >= 11 is 0. The maximum absolute atomic E-state index is 14.5. The molecule has 2 bridgehead atoms. The molecule has 3 aliphatic heterocycles. The maximum Gasteiger partial charge on any atom is 0.310 e. The summed E-state index contributed by atoms with van der Waals surface area (Å²) in [5.74, 6) is -3.66. The van der Waals surface area contributed by atoms with Crippen molar-refractivity contribution in [2.24, 2.45) is 17.8 Å². The van der Waals surface area contributed by atoms with Gasteiger partial charge in [-0.05, 0) is 48.1 Å². The quantitative estimate of drug-likeness (QED) is 0.506. The standard InChI is InChI=1S/C29H34N2O6/c1-4-13-30(20-10-9-18-7-5-6-8-19(18)15-20)27(34)25-29-12-11-22(37-29)23(28(35)36)24(29)26(33)31(25)21(16-32)14-17(2)3/h4-10,15,17,21-25,32H,1,11-14,16H2,2-3H3,(H,35,36)/t21-,22+,23-,24-,25+,29-/m1/s1. The van der Waals surface area contributed by atoms with E-state index in [4.69, 9.17) is 4.74 Å². The first kappa shape index (κ1) is 25.4. The smallest absolute Gasteiger partial charge is 0.310 e. The molecule has 196 valence electrons. The number of carboxylic acids is 1. The van der Waals surface area contributed by atoms with Gasteiger partial charge in [0.25, 0.3) is 5.91 Å². The molecule has 3 fully saturated rings. The van der Waals surface area contributed by atoms with Crippen LogP contribution in [0.2, 0.25) is 0 Å². The Morgan fingerprint density at radius 3 is 2.62 bits per heavy atom. The number of carboxylic acid groups (broad SMARTS) is 1. The minimum absolute atomic E-state index is 0.149. The summed E-state index contributed by atoms with van der Waals surface area (Å²) in [4.78, 5) is 43.8. The molecule has 8 nitrogen and oxygen atoms in total. The molecule has 0 aromatic heterocycles. The Balaban J connectivity index is 1.62. The van der Waals surface area contributed by atoms with Crippen LogP contribution >= 0.6 is 0 Å². The van der Waals surface area contributed by atoms with Crippen molar-refractivity contribution in [2.45, 2.75) is 56.9 Å². The molecule has 3 saturated heterocycles. The van der Waals surface area contributed by atoms with Gasteiger partial charge in [-0.2, -0.15) is 0 Å². The number of amides is 2. The number of fused-ring (bicyclic) bond motifs is 2. The Hall–Kier alpha value is -3.23. The van der Waals surface area contributed by atoms with Crippen molar-refractivity contribution < 1.29 is 29.3 Å². The second-order valence-corrected chi connectivity index (χ2v) is 10.9. The van der Waals surface area contributed by atoms with Crippen molar-refractivity contribution >= 4 is 34.2 Å². The molecule has 8 heteroatoms. The zero-order valence-corrected chi connectivity index (χ0v) is 21.2. The monoisotopic (exact) mass is 506 g/mol. The Kier molecular flexibility index (Phi) is 6.58. The largest absolute Gasteiger partial charge is 0.481 e. The minimum Gasteiger partial charge on any atom is -0.481 e. The van der Waals surface area contributed by atoms with Crippen molar-refractivity contribution in [1.29, 1.82) is 0 Å². The molecule has 2 amide bonds. The number of carbonyl (C=O) groups is 3. The number of hydrogen-bond acceptors (Lipinski definition) is 5. The van der Waals surface area contributed by atoms with Gasteiger partial charge in [0.05, 0.1) is 30.6 Å². The van der Waals surface area contributed by atoms with Gasteiger partial charge < -0.3 is 24.7 Å². The van der Waals surface area contributed by atoms with Gasteiger partial charge in [0.1, 0.15) is 11.6 Å². The predicted octanol–water partition coefficient (Wildman–Crippen LogP) is 3.23. The molecule has 1 spiro atoms. The third kappa shape index (κ3) is 3.94. The summed E-state index contributed by atoms with van der Waals surface area (Å²) in [7, 11) is 0. The molecular weight excluding hydrogens is 472 g/mol. The zero-order valence-electron chi connectivity index (χ0n) is 21.2. The lowest BCUT2D eigenvalue weighted by molar-refractivity contribution is -0.151. The molecule has 0 unspecified atom stereocenters. The Bertz CT molecular complexity index is 1240. The van der Waals surface area contributed by atoms with Gasteiger partial charge in [0.2, 0.25) is 5.91 Å². The summed E-state index contributed by atoms with van der Waals surface area (Å²) in [5, 5.41) is 22.4. The van der Waals surface area contributed by atoms with E-state index in [-0.39, 0.29) is 25.0 Å². The fraction of sp³-hybridized carbons (Fsp3) is 0.483. The zero-order chi connectivity index (χ0) is 26.5. The third-order valence-corrected chi connectivity index (χ3v) is 8.23. The van der Waals surface area contributed by atoms with E-state index < -0.39 is 47.5 Å². The predicted molar refractivity (Wildman–Crippen MR) is 139 cm³/mol. The number of rotatable bonds is 9. The van der Waals surface area contributed by atoms with Crippen molar-refractivity contribution in [3.8, 4) is 0 Å². The highest BCUT2D eigenvalue weighted by molar-refractivity contribution is 6.05. The first-order valence-electron chi connectivity index (χ1n) is 13.0. The van der Waals surface area contributed by atoms with Crippen LogP contribution < -0.4 is 4.90 Å². The Morgan fingerprint density at radius 2 is 1.97 bits per heavy atom. The van der Waals surface area contributed by atoms with Crippen molar-refractivity contribution in [2.75, 3.05) is 18.1 Å². The summed E-state index contributed by atoms with van der Waals surface area (Å²) in [6.45, 7) is 7.70. The van der Waals surface area contributed by atoms with Gasteiger partial charge >= 0.3 is 5.97 Å². The van der Waals surface area contributed by atoms with Gasteiger partial charge in [-0.25, -0.2) is 0 Å². The number of hydrogen-bond donors (Lipinski definition) is 2. The van der Waals surface area contributed by atoms with Crippen LogP contribution in [0.3, 0.4) is 0 Å². The van der Waals surface area contributed by atoms with E-state index in [2.05, 4.69) is 6.58 Å². The molecular formula is C29H34N2O6. The fourth-order valence-electron chi connectivity index (χ4n) is 6.81. The summed E-state index contributed by atoms with van der Waals surface area (Å²) in [6, 6.07) is 11.9. The van der Waals surface area contributed by atoms with E-state index in [1.54, 1.807) is 11.0 Å². The molecule has 0 saturated carbocycles. The Morgan fingerprint density at radius 1 is 1.24 bits per heavy atom. The third-order valence-electron chi connectivity index (χ3n) is 8.23. The molecule has 37 heavy (non-hydrogen) atoms. The second-order valence-electron chi connectivity index (χ2n) is 10.9. The number of likely N-dealkylation sites (tertiary alicyclic amines) is 1. The fourth-order valence-corrected chi connectivity index (χ4v) is 6.81. The number of benzene rings is 2. The molecule has 0 aliphatic carbocycles. The van der Waals surface area contributed by atoms with E-state index >= 15 is 0 Å². The van der Waals surface area contributed by atoms with Crippen molar-refractivity contribution in [3.05, 3.63) is 55.1 Å². The topological polar surface area (TPSA) is 107 Å². The summed E-state index contributed by atoms with van der Waals surface area (Å²) < 4.78 is 6.33. The van der Waals surface area contributed by atoms with E-state index in [9.17, 15) is 24.6 Å². The molecule has 2 N–H and O–H groups in total. The lowest BCUT2D eigenvalue weighted by atomic mass is 9.70. The molecule has 0 radical (unpaired) electrons.